The van der Waals surface area contributed by atoms with E-state index in [2.05, 4.69) is 10.1 Å². The van der Waals surface area contributed by atoms with Gasteiger partial charge >= 0.3 is 0 Å². The molecule has 6 nitrogen and oxygen atoms in total. The van der Waals surface area contributed by atoms with E-state index in [1.165, 1.54) is 11.3 Å². The summed E-state index contributed by atoms with van der Waals surface area (Å²) in [7, 11) is 1.76. The molecule has 1 aromatic carbocycles. The molecular weight excluding hydrogens is 346 g/mol. The molecule has 1 amide bonds. The van der Waals surface area contributed by atoms with Gasteiger partial charge in [-0.15, -0.1) is 0 Å². The average Bonchev–Trinajstić information content (AvgIpc) is 3.27. The number of benzene rings is 1. The third kappa shape index (κ3) is 2.97. The first-order valence-electron chi connectivity index (χ1n) is 8.19. The monoisotopic (exact) mass is 363 g/mol. The van der Waals surface area contributed by atoms with Crippen molar-refractivity contribution < 1.29 is 4.79 Å². The number of hydrogen-bond acceptors (Lipinski definition) is 5. The maximum Gasteiger partial charge on any atom is 0.278 e. The Morgan fingerprint density at radius 2 is 2.04 bits per heavy atom. The number of amides is 1. The third-order valence-electron chi connectivity index (χ3n) is 4.17. The van der Waals surface area contributed by atoms with E-state index in [0.717, 1.165) is 21.5 Å². The van der Waals surface area contributed by atoms with Gasteiger partial charge in [-0.05, 0) is 36.8 Å². The zero-order valence-corrected chi connectivity index (χ0v) is 15.3. The van der Waals surface area contributed by atoms with Crippen molar-refractivity contribution in [2.45, 2.75) is 13.5 Å². The summed E-state index contributed by atoms with van der Waals surface area (Å²) in [5.74, 6) is -0.146. The zero-order chi connectivity index (χ0) is 18.1. The fourth-order valence-corrected chi connectivity index (χ4v) is 3.83. The van der Waals surface area contributed by atoms with E-state index in [9.17, 15) is 4.79 Å². The van der Waals surface area contributed by atoms with Crippen LogP contribution in [0.4, 0.5) is 5.13 Å². The number of carbonyl (C=O) groups excluding carboxylic acids is 1. The van der Waals surface area contributed by atoms with Crippen LogP contribution in [0.2, 0.25) is 0 Å². The topological polar surface area (TPSA) is 63.9 Å². The molecule has 0 aliphatic rings. The number of fused-ring (bicyclic) bond motifs is 1. The van der Waals surface area contributed by atoms with Crippen LogP contribution in [0.3, 0.4) is 0 Å². The van der Waals surface area contributed by atoms with Gasteiger partial charge in [0.05, 0.1) is 22.5 Å². The molecule has 7 heteroatoms. The van der Waals surface area contributed by atoms with Crippen molar-refractivity contribution in [2.75, 3.05) is 4.90 Å². The SMILES string of the molecule is Cc1cccc2sc(N(Cc3ccccn3)C(=O)c3ccnn3C)nc12. The molecule has 130 valence electrons. The fourth-order valence-electron chi connectivity index (χ4n) is 2.79. The molecule has 0 saturated carbocycles. The third-order valence-corrected chi connectivity index (χ3v) is 5.22. The highest BCUT2D eigenvalue weighted by Crippen LogP contribution is 2.32. The van der Waals surface area contributed by atoms with Crippen molar-refractivity contribution in [3.63, 3.8) is 0 Å². The molecule has 0 aliphatic carbocycles. The second-order valence-corrected chi connectivity index (χ2v) is 6.98. The molecule has 0 N–H and O–H groups in total. The predicted octanol–water partition coefficient (Wildman–Crippen LogP) is 3.58. The van der Waals surface area contributed by atoms with Crippen LogP contribution in [0.1, 0.15) is 21.7 Å². The smallest absolute Gasteiger partial charge is 0.277 e. The molecule has 4 rings (SSSR count). The number of rotatable bonds is 4. The molecule has 3 heterocycles. The maximum atomic E-state index is 13.2. The van der Waals surface area contributed by atoms with Gasteiger partial charge in [-0.1, -0.05) is 29.5 Å². The molecule has 0 spiro atoms. The Bertz CT molecular complexity index is 1070. The number of anilines is 1. The van der Waals surface area contributed by atoms with Gasteiger partial charge in [0.2, 0.25) is 0 Å². The fraction of sp³-hybridized carbons (Fsp3) is 0.158. The molecule has 0 bridgehead atoms. The van der Waals surface area contributed by atoms with E-state index in [0.29, 0.717) is 17.4 Å². The number of carbonyl (C=O) groups is 1. The number of hydrogen-bond donors (Lipinski definition) is 0. The predicted molar refractivity (Wildman–Crippen MR) is 102 cm³/mol. The van der Waals surface area contributed by atoms with Crippen molar-refractivity contribution in [3.05, 3.63) is 71.8 Å². The minimum atomic E-state index is -0.146. The largest absolute Gasteiger partial charge is 0.278 e. The summed E-state index contributed by atoms with van der Waals surface area (Å²) in [5, 5.41) is 4.77. The van der Waals surface area contributed by atoms with Gasteiger partial charge in [-0.2, -0.15) is 5.10 Å². The van der Waals surface area contributed by atoms with E-state index < -0.39 is 0 Å². The summed E-state index contributed by atoms with van der Waals surface area (Å²) in [6.07, 6.45) is 3.35. The number of thiazole rings is 1. The number of para-hydroxylation sites is 1. The molecule has 0 unspecified atom stereocenters. The molecule has 26 heavy (non-hydrogen) atoms. The van der Waals surface area contributed by atoms with Crippen molar-refractivity contribution in [1.29, 1.82) is 0 Å². The van der Waals surface area contributed by atoms with E-state index in [1.807, 2.05) is 43.3 Å². The highest BCUT2D eigenvalue weighted by molar-refractivity contribution is 7.22. The summed E-state index contributed by atoms with van der Waals surface area (Å²) in [6, 6.07) is 13.4. The summed E-state index contributed by atoms with van der Waals surface area (Å²) < 4.78 is 2.63. The van der Waals surface area contributed by atoms with Crippen LogP contribution >= 0.6 is 11.3 Å². The van der Waals surface area contributed by atoms with E-state index in [1.54, 1.807) is 35.1 Å². The minimum absolute atomic E-state index is 0.146. The van der Waals surface area contributed by atoms with Crippen molar-refractivity contribution in [2.24, 2.45) is 7.05 Å². The number of pyridine rings is 1. The molecule has 0 saturated heterocycles. The second-order valence-electron chi connectivity index (χ2n) is 5.97. The number of nitrogens with zero attached hydrogens (tertiary/aromatic N) is 5. The molecule has 0 atom stereocenters. The van der Waals surface area contributed by atoms with Crippen molar-refractivity contribution >= 4 is 32.6 Å². The van der Waals surface area contributed by atoms with E-state index >= 15 is 0 Å². The Labute approximate surface area is 154 Å². The van der Waals surface area contributed by atoms with Crippen LogP contribution < -0.4 is 4.90 Å². The lowest BCUT2D eigenvalue weighted by atomic mass is 10.2. The van der Waals surface area contributed by atoms with Crippen LogP contribution in [0.5, 0.6) is 0 Å². The Morgan fingerprint density at radius 3 is 2.73 bits per heavy atom. The molecular formula is C19H17N5OS. The summed E-state index contributed by atoms with van der Waals surface area (Å²) >= 11 is 1.51. The van der Waals surface area contributed by atoms with Crippen LogP contribution in [0.25, 0.3) is 10.2 Å². The Kier molecular flexibility index (Phi) is 4.22. The van der Waals surface area contributed by atoms with Gasteiger partial charge in [0, 0.05) is 19.4 Å². The van der Waals surface area contributed by atoms with Gasteiger partial charge in [-0.3, -0.25) is 19.4 Å². The van der Waals surface area contributed by atoms with Crippen LogP contribution in [0, 0.1) is 6.92 Å². The highest BCUT2D eigenvalue weighted by Gasteiger charge is 2.24. The van der Waals surface area contributed by atoms with Crippen molar-refractivity contribution in [1.82, 2.24) is 19.7 Å². The summed E-state index contributed by atoms with van der Waals surface area (Å²) in [4.78, 5) is 24.0. The van der Waals surface area contributed by atoms with Crippen molar-refractivity contribution in [3.8, 4) is 0 Å². The first kappa shape index (κ1) is 16.4. The Morgan fingerprint density at radius 1 is 1.15 bits per heavy atom. The Balaban J connectivity index is 1.80. The number of aromatic nitrogens is 4. The van der Waals surface area contributed by atoms with Crippen LogP contribution in [-0.2, 0) is 13.6 Å². The normalized spacial score (nSPS) is 11.0. The second kappa shape index (κ2) is 6.68. The molecule has 0 radical (unpaired) electrons. The average molecular weight is 363 g/mol. The molecule has 4 aromatic rings. The quantitative estimate of drug-likeness (QED) is 0.556. The van der Waals surface area contributed by atoms with Gasteiger partial charge in [-0.25, -0.2) is 4.98 Å². The molecule has 3 aromatic heterocycles. The molecule has 0 fully saturated rings. The highest BCUT2D eigenvalue weighted by atomic mass is 32.1. The first-order valence-corrected chi connectivity index (χ1v) is 9.01. The standard InChI is InChI=1S/C19H17N5OS/c1-13-6-5-8-16-17(13)22-19(26-16)24(12-14-7-3-4-10-20-14)18(25)15-9-11-21-23(15)2/h3-11H,12H2,1-2H3. The van der Waals surface area contributed by atoms with Crippen LogP contribution in [-0.4, -0.2) is 25.7 Å². The lowest BCUT2D eigenvalue weighted by Crippen LogP contribution is -2.32. The van der Waals surface area contributed by atoms with Gasteiger partial charge in [0.25, 0.3) is 5.91 Å². The lowest BCUT2D eigenvalue weighted by Gasteiger charge is -2.19. The van der Waals surface area contributed by atoms with Gasteiger partial charge in [0.1, 0.15) is 5.69 Å². The van der Waals surface area contributed by atoms with Gasteiger partial charge < -0.3 is 0 Å². The first-order chi connectivity index (χ1) is 12.6. The maximum absolute atomic E-state index is 13.2. The minimum Gasteiger partial charge on any atom is -0.277 e. The van der Waals surface area contributed by atoms with Crippen LogP contribution in [0.15, 0.2) is 54.9 Å². The van der Waals surface area contributed by atoms with Gasteiger partial charge in [0.15, 0.2) is 5.13 Å². The molecule has 0 aliphatic heterocycles. The summed E-state index contributed by atoms with van der Waals surface area (Å²) in [6.45, 7) is 2.38. The Hall–Kier alpha value is -3.06. The summed E-state index contributed by atoms with van der Waals surface area (Å²) in [5.41, 5.74) is 3.34. The zero-order valence-electron chi connectivity index (χ0n) is 14.5. The lowest BCUT2D eigenvalue weighted by molar-refractivity contribution is 0.0975. The number of aryl methyl sites for hydroxylation is 2. The van der Waals surface area contributed by atoms with E-state index in [4.69, 9.17) is 4.98 Å². The van der Waals surface area contributed by atoms with E-state index in [-0.39, 0.29) is 5.91 Å².